The summed E-state index contributed by atoms with van der Waals surface area (Å²) in [7, 11) is 0. The average Bonchev–Trinajstić information content (AvgIpc) is 2.22. The second-order valence-electron chi connectivity index (χ2n) is 4.11. The molecule has 1 atom stereocenters. The van der Waals surface area contributed by atoms with Crippen LogP contribution in [-0.2, 0) is 6.54 Å². The summed E-state index contributed by atoms with van der Waals surface area (Å²) >= 11 is 12.1. The quantitative estimate of drug-likeness (QED) is 0.854. The molecule has 0 aromatic heterocycles. The molecule has 0 aliphatic heterocycles. The van der Waals surface area contributed by atoms with Gasteiger partial charge in [0, 0.05) is 28.2 Å². The number of rotatable bonds is 5. The van der Waals surface area contributed by atoms with Gasteiger partial charge in [-0.2, -0.15) is 0 Å². The molecular weight excluding hydrogens is 245 g/mol. The van der Waals surface area contributed by atoms with Gasteiger partial charge in [0.1, 0.15) is 0 Å². The molecule has 2 N–H and O–H groups in total. The molecule has 0 spiro atoms. The van der Waals surface area contributed by atoms with E-state index in [1.807, 2.05) is 18.2 Å². The Morgan fingerprint density at radius 1 is 1.25 bits per heavy atom. The van der Waals surface area contributed by atoms with Crippen LogP contribution in [0.25, 0.3) is 0 Å². The summed E-state index contributed by atoms with van der Waals surface area (Å²) in [5, 5.41) is 13.7. The third kappa shape index (κ3) is 3.63. The first-order chi connectivity index (χ1) is 7.56. The summed E-state index contributed by atoms with van der Waals surface area (Å²) in [6, 6.07) is 5.51. The lowest BCUT2D eigenvalue weighted by Crippen LogP contribution is -2.36. The van der Waals surface area contributed by atoms with Crippen molar-refractivity contribution in [3.05, 3.63) is 33.8 Å². The Bertz CT molecular complexity index is 322. The molecule has 0 bridgehead atoms. The number of hydrogen-bond acceptors (Lipinski definition) is 2. The van der Waals surface area contributed by atoms with Crippen molar-refractivity contribution in [3.8, 4) is 0 Å². The number of benzene rings is 1. The first kappa shape index (κ1) is 13.8. The summed E-state index contributed by atoms with van der Waals surface area (Å²) < 4.78 is 0. The molecule has 90 valence electrons. The molecule has 1 aromatic rings. The third-order valence-electron chi connectivity index (χ3n) is 2.60. The minimum Gasteiger partial charge on any atom is -0.395 e. The lowest BCUT2D eigenvalue weighted by Gasteiger charge is -2.20. The van der Waals surface area contributed by atoms with E-state index >= 15 is 0 Å². The lowest BCUT2D eigenvalue weighted by molar-refractivity contribution is 0.210. The summed E-state index contributed by atoms with van der Waals surface area (Å²) in [5.41, 5.74) is 0.880. The highest BCUT2D eigenvalue weighted by Crippen LogP contribution is 2.24. The lowest BCUT2D eigenvalue weighted by atomic mass is 10.1. The van der Waals surface area contributed by atoms with E-state index in [0.717, 1.165) is 5.56 Å². The third-order valence-corrected chi connectivity index (χ3v) is 3.31. The van der Waals surface area contributed by atoms with Gasteiger partial charge in [0.25, 0.3) is 0 Å². The monoisotopic (exact) mass is 261 g/mol. The van der Waals surface area contributed by atoms with E-state index in [0.29, 0.717) is 22.5 Å². The minimum atomic E-state index is 0.0624. The Balaban J connectivity index is 2.67. The van der Waals surface area contributed by atoms with Gasteiger partial charge < -0.3 is 10.4 Å². The van der Waals surface area contributed by atoms with E-state index in [1.165, 1.54) is 0 Å². The molecule has 1 unspecified atom stereocenters. The van der Waals surface area contributed by atoms with Crippen molar-refractivity contribution in [2.45, 2.75) is 26.4 Å². The molecule has 0 amide bonds. The maximum absolute atomic E-state index is 9.18. The zero-order chi connectivity index (χ0) is 12.1. The van der Waals surface area contributed by atoms with Crippen LogP contribution in [0.5, 0.6) is 0 Å². The smallest absolute Gasteiger partial charge is 0.0587 e. The van der Waals surface area contributed by atoms with Gasteiger partial charge in [-0.25, -0.2) is 0 Å². The van der Waals surface area contributed by atoms with E-state index in [2.05, 4.69) is 19.2 Å². The Morgan fingerprint density at radius 3 is 2.25 bits per heavy atom. The molecule has 0 saturated carbocycles. The summed E-state index contributed by atoms with van der Waals surface area (Å²) in [4.78, 5) is 0. The minimum absolute atomic E-state index is 0.0624. The average molecular weight is 262 g/mol. The van der Waals surface area contributed by atoms with E-state index in [-0.39, 0.29) is 12.6 Å². The highest BCUT2D eigenvalue weighted by molar-refractivity contribution is 6.35. The van der Waals surface area contributed by atoms with Crippen molar-refractivity contribution in [1.29, 1.82) is 0 Å². The molecule has 0 saturated heterocycles. The van der Waals surface area contributed by atoms with Crippen LogP contribution in [-0.4, -0.2) is 17.8 Å². The molecule has 16 heavy (non-hydrogen) atoms. The van der Waals surface area contributed by atoms with Gasteiger partial charge in [0.15, 0.2) is 0 Å². The van der Waals surface area contributed by atoms with Gasteiger partial charge in [-0.05, 0) is 18.1 Å². The zero-order valence-electron chi connectivity index (χ0n) is 9.50. The fourth-order valence-corrected chi connectivity index (χ4v) is 1.98. The van der Waals surface area contributed by atoms with Crippen LogP contribution in [0.4, 0.5) is 0 Å². The second-order valence-corrected chi connectivity index (χ2v) is 4.93. The predicted octanol–water partition coefficient (Wildman–Crippen LogP) is 3.10. The van der Waals surface area contributed by atoms with E-state index in [1.54, 1.807) is 0 Å². The fourth-order valence-electron chi connectivity index (χ4n) is 1.45. The maximum Gasteiger partial charge on any atom is 0.0587 e. The molecule has 1 rings (SSSR count). The maximum atomic E-state index is 9.18. The fraction of sp³-hybridized carbons (Fsp3) is 0.500. The first-order valence-electron chi connectivity index (χ1n) is 5.33. The van der Waals surface area contributed by atoms with Crippen LogP contribution >= 0.6 is 23.2 Å². The van der Waals surface area contributed by atoms with Gasteiger partial charge in [0.05, 0.1) is 6.61 Å². The second kappa shape index (κ2) is 6.45. The number of hydrogen-bond donors (Lipinski definition) is 2. The summed E-state index contributed by atoms with van der Waals surface area (Å²) in [5.74, 6) is 0.367. The van der Waals surface area contributed by atoms with Gasteiger partial charge >= 0.3 is 0 Å². The Morgan fingerprint density at radius 2 is 1.81 bits per heavy atom. The molecule has 4 heteroatoms. The van der Waals surface area contributed by atoms with Crippen molar-refractivity contribution in [3.63, 3.8) is 0 Å². The molecule has 0 fully saturated rings. The molecule has 0 heterocycles. The molecule has 0 aliphatic rings. The van der Waals surface area contributed by atoms with Crippen LogP contribution in [0, 0.1) is 5.92 Å². The predicted molar refractivity (Wildman–Crippen MR) is 69.0 cm³/mol. The van der Waals surface area contributed by atoms with Crippen molar-refractivity contribution in [2.75, 3.05) is 6.61 Å². The van der Waals surface area contributed by atoms with E-state index < -0.39 is 0 Å². The number of halogens is 2. The highest BCUT2D eigenvalue weighted by Gasteiger charge is 2.13. The van der Waals surface area contributed by atoms with Gasteiger partial charge in [-0.15, -0.1) is 0 Å². The number of aliphatic hydroxyl groups is 1. The molecule has 2 nitrogen and oxygen atoms in total. The van der Waals surface area contributed by atoms with Gasteiger partial charge in [-0.1, -0.05) is 43.1 Å². The van der Waals surface area contributed by atoms with Crippen LogP contribution in [0.15, 0.2) is 18.2 Å². The molecule has 0 radical (unpaired) electrons. The van der Waals surface area contributed by atoms with Crippen LogP contribution in [0.1, 0.15) is 19.4 Å². The van der Waals surface area contributed by atoms with Crippen molar-refractivity contribution in [1.82, 2.24) is 5.32 Å². The van der Waals surface area contributed by atoms with Gasteiger partial charge in [-0.3, -0.25) is 0 Å². The van der Waals surface area contributed by atoms with Crippen molar-refractivity contribution in [2.24, 2.45) is 5.92 Å². The Kier molecular flexibility index (Phi) is 5.56. The topological polar surface area (TPSA) is 32.3 Å². The van der Waals surface area contributed by atoms with Gasteiger partial charge in [0.2, 0.25) is 0 Å². The normalized spacial score (nSPS) is 13.1. The molecular formula is C12H17Cl2NO. The van der Waals surface area contributed by atoms with Crippen LogP contribution < -0.4 is 5.32 Å². The SMILES string of the molecule is CC(C)C(CO)NCc1c(Cl)cccc1Cl. The standard InChI is InChI=1S/C12H17Cl2NO/c1-8(2)12(7-16)15-6-9-10(13)4-3-5-11(9)14/h3-5,8,12,15-16H,6-7H2,1-2H3. The Hall–Kier alpha value is -0.280. The first-order valence-corrected chi connectivity index (χ1v) is 6.09. The van der Waals surface area contributed by atoms with Crippen LogP contribution in [0.3, 0.4) is 0 Å². The van der Waals surface area contributed by atoms with Crippen molar-refractivity contribution < 1.29 is 5.11 Å². The summed E-state index contributed by atoms with van der Waals surface area (Å²) in [6.07, 6.45) is 0. The zero-order valence-corrected chi connectivity index (χ0v) is 11.0. The molecule has 1 aromatic carbocycles. The largest absolute Gasteiger partial charge is 0.395 e. The van der Waals surface area contributed by atoms with Crippen LogP contribution in [0.2, 0.25) is 10.0 Å². The number of aliphatic hydroxyl groups excluding tert-OH is 1. The number of nitrogens with one attached hydrogen (secondary N) is 1. The molecule has 0 aliphatic carbocycles. The Labute approximate surface area is 107 Å². The van der Waals surface area contributed by atoms with Crippen molar-refractivity contribution >= 4 is 23.2 Å². The van der Waals surface area contributed by atoms with E-state index in [4.69, 9.17) is 23.2 Å². The summed E-state index contributed by atoms with van der Waals surface area (Å²) in [6.45, 7) is 4.80. The van der Waals surface area contributed by atoms with E-state index in [9.17, 15) is 5.11 Å². The highest BCUT2D eigenvalue weighted by atomic mass is 35.5.